The van der Waals surface area contributed by atoms with Crippen molar-refractivity contribution in [3.8, 4) is 17.2 Å². The van der Waals surface area contributed by atoms with Crippen molar-refractivity contribution < 1.29 is 9.52 Å². The number of rotatable bonds is 3. The molecule has 0 aliphatic heterocycles. The highest BCUT2D eigenvalue weighted by Gasteiger charge is 2.08. The number of benzene rings is 3. The molecule has 4 heteroatoms. The van der Waals surface area contributed by atoms with Crippen molar-refractivity contribution in [1.82, 2.24) is 4.98 Å². The van der Waals surface area contributed by atoms with Crippen molar-refractivity contribution in [2.24, 2.45) is 0 Å². The summed E-state index contributed by atoms with van der Waals surface area (Å²) in [5.74, 6) is 0.713. The van der Waals surface area contributed by atoms with Crippen LogP contribution in [0.1, 0.15) is 11.1 Å². The Morgan fingerprint density at radius 2 is 1.48 bits per heavy atom. The van der Waals surface area contributed by atoms with Crippen LogP contribution in [0.2, 0.25) is 0 Å². The maximum atomic E-state index is 9.52. The zero-order valence-corrected chi connectivity index (χ0v) is 13.4. The van der Waals surface area contributed by atoms with Gasteiger partial charge < -0.3 is 15.3 Å². The lowest BCUT2D eigenvalue weighted by atomic mass is 10.1. The van der Waals surface area contributed by atoms with E-state index in [1.54, 1.807) is 18.2 Å². The summed E-state index contributed by atoms with van der Waals surface area (Å²) in [5.41, 5.74) is 10.8. The molecule has 0 saturated heterocycles. The summed E-state index contributed by atoms with van der Waals surface area (Å²) < 4.78 is 5.74. The van der Waals surface area contributed by atoms with Crippen LogP contribution in [0.25, 0.3) is 34.7 Å². The fourth-order valence-electron chi connectivity index (χ4n) is 2.58. The van der Waals surface area contributed by atoms with E-state index in [1.807, 2.05) is 60.7 Å². The Morgan fingerprint density at radius 1 is 0.840 bits per heavy atom. The average Bonchev–Trinajstić information content (AvgIpc) is 3.05. The van der Waals surface area contributed by atoms with Gasteiger partial charge in [-0.2, -0.15) is 0 Å². The van der Waals surface area contributed by atoms with E-state index in [1.165, 1.54) is 0 Å². The van der Waals surface area contributed by atoms with Gasteiger partial charge in [-0.25, -0.2) is 4.98 Å². The van der Waals surface area contributed by atoms with Crippen LogP contribution in [0.4, 0.5) is 5.69 Å². The van der Waals surface area contributed by atoms with Crippen LogP contribution in [0, 0.1) is 0 Å². The molecule has 0 aliphatic carbocycles. The SMILES string of the molecule is Nc1ccc(/C=C/c2ccc(-c3nc4cc(O)ccc4o3)cc2)cc1. The molecule has 1 heterocycles. The van der Waals surface area contributed by atoms with Gasteiger partial charge in [0.2, 0.25) is 5.89 Å². The van der Waals surface area contributed by atoms with Crippen molar-refractivity contribution in [3.63, 3.8) is 0 Å². The van der Waals surface area contributed by atoms with Gasteiger partial charge >= 0.3 is 0 Å². The summed E-state index contributed by atoms with van der Waals surface area (Å²) in [6.07, 6.45) is 4.08. The van der Waals surface area contributed by atoms with Gasteiger partial charge in [0.25, 0.3) is 0 Å². The normalized spacial score (nSPS) is 11.4. The maximum absolute atomic E-state index is 9.52. The lowest BCUT2D eigenvalue weighted by Crippen LogP contribution is -1.82. The fraction of sp³-hybridized carbons (Fsp3) is 0. The molecule has 0 atom stereocenters. The van der Waals surface area contributed by atoms with Gasteiger partial charge in [-0.1, -0.05) is 36.4 Å². The summed E-state index contributed by atoms with van der Waals surface area (Å²) in [6.45, 7) is 0. The molecule has 0 unspecified atom stereocenters. The number of anilines is 1. The second kappa shape index (κ2) is 6.17. The lowest BCUT2D eigenvalue weighted by Gasteiger charge is -1.98. The van der Waals surface area contributed by atoms with Gasteiger partial charge in [-0.15, -0.1) is 0 Å². The van der Waals surface area contributed by atoms with Crippen molar-refractivity contribution in [3.05, 3.63) is 77.9 Å². The van der Waals surface area contributed by atoms with E-state index in [9.17, 15) is 5.11 Å². The largest absolute Gasteiger partial charge is 0.508 e. The fourth-order valence-corrected chi connectivity index (χ4v) is 2.58. The molecule has 3 N–H and O–H groups in total. The molecule has 0 amide bonds. The van der Waals surface area contributed by atoms with E-state index in [-0.39, 0.29) is 5.75 Å². The summed E-state index contributed by atoms with van der Waals surface area (Å²) in [7, 11) is 0. The highest BCUT2D eigenvalue weighted by molar-refractivity contribution is 5.78. The number of hydrogen-bond acceptors (Lipinski definition) is 4. The topological polar surface area (TPSA) is 72.3 Å². The molecule has 0 fully saturated rings. The van der Waals surface area contributed by atoms with Crippen molar-refractivity contribution in [1.29, 1.82) is 0 Å². The van der Waals surface area contributed by atoms with Crippen LogP contribution in [0.15, 0.2) is 71.1 Å². The van der Waals surface area contributed by atoms with Crippen LogP contribution in [0.3, 0.4) is 0 Å². The first kappa shape index (κ1) is 15.0. The number of phenols is 1. The third kappa shape index (κ3) is 3.23. The first-order valence-electron chi connectivity index (χ1n) is 7.91. The second-order valence-electron chi connectivity index (χ2n) is 5.79. The third-order valence-corrected chi connectivity index (χ3v) is 3.93. The number of nitrogens with two attached hydrogens (primary N) is 1. The number of phenolic OH excluding ortho intramolecular Hbond substituents is 1. The van der Waals surface area contributed by atoms with Gasteiger partial charge in [0.15, 0.2) is 5.58 Å². The highest BCUT2D eigenvalue weighted by atomic mass is 16.3. The van der Waals surface area contributed by atoms with Crippen LogP contribution >= 0.6 is 0 Å². The van der Waals surface area contributed by atoms with E-state index >= 15 is 0 Å². The standard InChI is InChI=1S/C21H16N2O2/c22-17-9-5-15(6-10-17)2-1-14-3-7-16(8-4-14)21-23-19-13-18(24)11-12-20(19)25-21/h1-13,24H,22H2/b2-1+. The molecular formula is C21H16N2O2. The molecule has 0 saturated carbocycles. The van der Waals surface area contributed by atoms with E-state index in [4.69, 9.17) is 10.2 Å². The van der Waals surface area contributed by atoms with Crippen LogP contribution < -0.4 is 5.73 Å². The predicted molar refractivity (Wildman–Crippen MR) is 101 cm³/mol. The third-order valence-electron chi connectivity index (χ3n) is 3.93. The average molecular weight is 328 g/mol. The van der Waals surface area contributed by atoms with E-state index in [2.05, 4.69) is 4.98 Å². The Morgan fingerprint density at radius 3 is 2.16 bits per heavy atom. The number of nitrogen functional groups attached to an aromatic ring is 1. The molecule has 3 aromatic carbocycles. The molecule has 0 aliphatic rings. The molecule has 4 rings (SSSR count). The smallest absolute Gasteiger partial charge is 0.227 e. The summed E-state index contributed by atoms with van der Waals surface area (Å²) >= 11 is 0. The summed E-state index contributed by atoms with van der Waals surface area (Å²) in [6, 6.07) is 20.6. The molecule has 4 nitrogen and oxygen atoms in total. The first-order chi connectivity index (χ1) is 12.2. The molecule has 25 heavy (non-hydrogen) atoms. The second-order valence-corrected chi connectivity index (χ2v) is 5.79. The van der Waals surface area contributed by atoms with E-state index < -0.39 is 0 Å². The Kier molecular flexibility index (Phi) is 3.71. The minimum atomic E-state index is 0.176. The van der Waals surface area contributed by atoms with Gasteiger partial charge in [0, 0.05) is 17.3 Å². The highest BCUT2D eigenvalue weighted by Crippen LogP contribution is 2.27. The number of oxazole rings is 1. The summed E-state index contributed by atoms with van der Waals surface area (Å²) in [5, 5.41) is 9.52. The maximum Gasteiger partial charge on any atom is 0.227 e. The van der Waals surface area contributed by atoms with Crippen LogP contribution in [0.5, 0.6) is 5.75 Å². The minimum Gasteiger partial charge on any atom is -0.508 e. The van der Waals surface area contributed by atoms with Gasteiger partial charge in [-0.3, -0.25) is 0 Å². The Labute approximate surface area is 144 Å². The van der Waals surface area contributed by atoms with Crippen molar-refractivity contribution in [2.45, 2.75) is 0 Å². The molecule has 122 valence electrons. The Bertz CT molecular complexity index is 1050. The molecule has 0 radical (unpaired) electrons. The predicted octanol–water partition coefficient (Wildman–Crippen LogP) is 4.95. The lowest BCUT2D eigenvalue weighted by molar-refractivity contribution is 0.476. The number of hydrogen-bond donors (Lipinski definition) is 2. The quantitative estimate of drug-likeness (QED) is 0.412. The van der Waals surface area contributed by atoms with Gasteiger partial charge in [-0.05, 0) is 47.5 Å². The molecule has 4 aromatic rings. The first-order valence-corrected chi connectivity index (χ1v) is 7.91. The van der Waals surface area contributed by atoms with Gasteiger partial charge in [0.05, 0.1) is 0 Å². The van der Waals surface area contributed by atoms with E-state index in [0.29, 0.717) is 17.0 Å². The van der Waals surface area contributed by atoms with Crippen molar-refractivity contribution >= 4 is 28.9 Å². The monoisotopic (exact) mass is 328 g/mol. The zero-order valence-electron chi connectivity index (χ0n) is 13.4. The Hall–Kier alpha value is -3.53. The summed E-state index contributed by atoms with van der Waals surface area (Å²) in [4.78, 5) is 4.42. The number of nitrogens with zero attached hydrogens (tertiary/aromatic N) is 1. The number of aromatic nitrogens is 1. The Balaban J connectivity index is 1.57. The molecule has 0 spiro atoms. The molecular weight excluding hydrogens is 312 g/mol. The number of aromatic hydroxyl groups is 1. The minimum absolute atomic E-state index is 0.176. The molecule has 0 bridgehead atoms. The van der Waals surface area contributed by atoms with E-state index in [0.717, 1.165) is 22.4 Å². The van der Waals surface area contributed by atoms with Gasteiger partial charge in [0.1, 0.15) is 11.3 Å². The zero-order chi connectivity index (χ0) is 17.2. The molecule has 1 aromatic heterocycles. The van der Waals surface area contributed by atoms with Crippen LogP contribution in [-0.2, 0) is 0 Å². The number of fused-ring (bicyclic) bond motifs is 1. The van der Waals surface area contributed by atoms with Crippen molar-refractivity contribution in [2.75, 3.05) is 5.73 Å². The van der Waals surface area contributed by atoms with Crippen LogP contribution in [-0.4, -0.2) is 10.1 Å².